The number of methoxy groups -OCH3 is 1. The Balaban J connectivity index is 2.21. The molecule has 0 saturated heterocycles. The summed E-state index contributed by atoms with van der Waals surface area (Å²) in [5.41, 5.74) is 2.43. The van der Waals surface area contributed by atoms with Crippen molar-refractivity contribution in [2.24, 2.45) is 0 Å². The van der Waals surface area contributed by atoms with Crippen LogP contribution < -0.4 is 0 Å². The van der Waals surface area contributed by atoms with Crippen molar-refractivity contribution in [3.8, 4) is 11.1 Å². The van der Waals surface area contributed by atoms with Gasteiger partial charge in [-0.1, -0.05) is 54.6 Å². The Bertz CT molecular complexity index is 605. The SMILES string of the molecule is COC(=O)C(Cl)C(=O)c1ccc(-c2ccccc2)cc1. The Morgan fingerprint density at radius 3 is 2.05 bits per heavy atom. The number of hydrogen-bond acceptors (Lipinski definition) is 3. The summed E-state index contributed by atoms with van der Waals surface area (Å²) >= 11 is 5.75. The molecule has 2 aromatic rings. The van der Waals surface area contributed by atoms with Crippen LogP contribution in [-0.2, 0) is 9.53 Å². The Morgan fingerprint density at radius 1 is 0.950 bits per heavy atom. The molecule has 3 nitrogen and oxygen atoms in total. The molecule has 0 radical (unpaired) electrons. The van der Waals surface area contributed by atoms with Crippen LogP contribution >= 0.6 is 11.6 Å². The lowest BCUT2D eigenvalue weighted by molar-refractivity contribution is -0.139. The van der Waals surface area contributed by atoms with Crippen LogP contribution in [0.25, 0.3) is 11.1 Å². The largest absolute Gasteiger partial charge is 0.468 e. The molecule has 1 unspecified atom stereocenters. The van der Waals surface area contributed by atoms with Gasteiger partial charge in [-0.15, -0.1) is 11.6 Å². The first-order chi connectivity index (χ1) is 9.63. The first kappa shape index (κ1) is 14.3. The molecule has 0 saturated carbocycles. The summed E-state index contributed by atoms with van der Waals surface area (Å²) < 4.78 is 4.46. The molecule has 1 atom stereocenters. The number of ketones is 1. The maximum Gasteiger partial charge on any atom is 0.331 e. The van der Waals surface area contributed by atoms with Crippen molar-refractivity contribution < 1.29 is 14.3 Å². The predicted octanol–water partition coefficient (Wildman–Crippen LogP) is 3.32. The van der Waals surface area contributed by atoms with E-state index in [1.807, 2.05) is 42.5 Å². The summed E-state index contributed by atoms with van der Waals surface area (Å²) in [7, 11) is 1.20. The van der Waals surface area contributed by atoms with E-state index in [4.69, 9.17) is 11.6 Å². The van der Waals surface area contributed by atoms with Gasteiger partial charge in [-0.2, -0.15) is 0 Å². The Morgan fingerprint density at radius 2 is 1.50 bits per heavy atom. The van der Waals surface area contributed by atoms with Crippen LogP contribution in [0.3, 0.4) is 0 Å². The monoisotopic (exact) mass is 288 g/mol. The molecular weight excluding hydrogens is 276 g/mol. The molecule has 2 aromatic carbocycles. The van der Waals surface area contributed by atoms with Crippen LogP contribution in [0.2, 0.25) is 0 Å². The van der Waals surface area contributed by atoms with Crippen LogP contribution in [-0.4, -0.2) is 24.2 Å². The quantitative estimate of drug-likeness (QED) is 0.375. The minimum atomic E-state index is -1.30. The lowest BCUT2D eigenvalue weighted by atomic mass is 10.0. The van der Waals surface area contributed by atoms with Gasteiger partial charge in [-0.25, -0.2) is 4.79 Å². The molecule has 2 rings (SSSR count). The minimum Gasteiger partial charge on any atom is -0.468 e. The van der Waals surface area contributed by atoms with Gasteiger partial charge >= 0.3 is 5.97 Å². The first-order valence-electron chi connectivity index (χ1n) is 6.05. The summed E-state index contributed by atoms with van der Waals surface area (Å²) in [4.78, 5) is 23.2. The first-order valence-corrected chi connectivity index (χ1v) is 6.48. The smallest absolute Gasteiger partial charge is 0.331 e. The molecule has 0 heterocycles. The molecule has 0 aromatic heterocycles. The predicted molar refractivity (Wildman–Crippen MR) is 77.9 cm³/mol. The average Bonchev–Trinajstić information content (AvgIpc) is 2.53. The maximum absolute atomic E-state index is 12.0. The molecule has 0 spiro atoms. The van der Waals surface area contributed by atoms with E-state index in [9.17, 15) is 9.59 Å². The average molecular weight is 289 g/mol. The fraction of sp³-hybridized carbons (Fsp3) is 0.125. The molecule has 0 bridgehead atoms. The number of Topliss-reactive ketones (excluding diaryl/α,β-unsaturated/α-hetero) is 1. The zero-order valence-corrected chi connectivity index (χ0v) is 11.6. The van der Waals surface area contributed by atoms with Gasteiger partial charge in [0, 0.05) is 5.56 Å². The van der Waals surface area contributed by atoms with Crippen molar-refractivity contribution in [3.63, 3.8) is 0 Å². The number of carbonyl (C=O) groups excluding carboxylic acids is 2. The third-order valence-corrected chi connectivity index (χ3v) is 3.29. The Kier molecular flexibility index (Phi) is 4.53. The minimum absolute atomic E-state index is 0.384. The van der Waals surface area contributed by atoms with Crippen molar-refractivity contribution in [1.29, 1.82) is 0 Å². The van der Waals surface area contributed by atoms with E-state index in [1.54, 1.807) is 12.1 Å². The fourth-order valence-electron chi connectivity index (χ4n) is 1.81. The fourth-order valence-corrected chi connectivity index (χ4v) is 2.03. The van der Waals surface area contributed by atoms with Crippen molar-refractivity contribution >= 4 is 23.4 Å². The highest BCUT2D eigenvalue weighted by atomic mass is 35.5. The molecular formula is C16H13ClO3. The Hall–Kier alpha value is -2.13. The van der Waals surface area contributed by atoms with Crippen LogP contribution in [0.5, 0.6) is 0 Å². The lowest BCUT2D eigenvalue weighted by Gasteiger charge is -2.07. The summed E-state index contributed by atoms with van der Waals surface area (Å²) in [6.45, 7) is 0. The van der Waals surface area contributed by atoms with Gasteiger partial charge in [-0.3, -0.25) is 4.79 Å². The lowest BCUT2D eigenvalue weighted by Crippen LogP contribution is -2.25. The summed E-state index contributed by atoms with van der Waals surface area (Å²) in [6.07, 6.45) is 0. The highest BCUT2D eigenvalue weighted by Crippen LogP contribution is 2.20. The standard InChI is InChI=1S/C16H13ClO3/c1-20-16(19)14(17)15(18)13-9-7-12(8-10-13)11-5-3-2-4-6-11/h2-10,14H,1H3. The zero-order chi connectivity index (χ0) is 14.5. The van der Waals surface area contributed by atoms with E-state index in [2.05, 4.69) is 4.74 Å². The van der Waals surface area contributed by atoms with Crippen LogP contribution in [0, 0.1) is 0 Å². The highest BCUT2D eigenvalue weighted by Gasteiger charge is 2.25. The molecule has 20 heavy (non-hydrogen) atoms. The van der Waals surface area contributed by atoms with Gasteiger partial charge in [0.05, 0.1) is 7.11 Å². The van der Waals surface area contributed by atoms with E-state index in [0.29, 0.717) is 5.56 Å². The topological polar surface area (TPSA) is 43.4 Å². The van der Waals surface area contributed by atoms with Crippen molar-refractivity contribution in [3.05, 3.63) is 60.2 Å². The third kappa shape index (κ3) is 3.06. The highest BCUT2D eigenvalue weighted by molar-refractivity contribution is 6.43. The van der Waals surface area contributed by atoms with Gasteiger partial charge in [0.25, 0.3) is 0 Å². The molecule has 0 aliphatic carbocycles. The number of alkyl halides is 1. The second-order valence-corrected chi connectivity index (χ2v) is 4.63. The van der Waals surface area contributed by atoms with E-state index in [1.165, 1.54) is 7.11 Å². The van der Waals surface area contributed by atoms with Gasteiger partial charge in [0.15, 0.2) is 11.2 Å². The number of hydrogen-bond donors (Lipinski definition) is 0. The summed E-state index contributed by atoms with van der Waals surface area (Å²) in [5.74, 6) is -1.21. The molecule has 0 N–H and O–H groups in total. The van der Waals surface area contributed by atoms with Crippen molar-refractivity contribution in [2.45, 2.75) is 5.38 Å². The maximum atomic E-state index is 12.0. The number of rotatable bonds is 4. The van der Waals surface area contributed by atoms with Gasteiger partial charge in [-0.05, 0) is 11.1 Å². The molecule has 0 amide bonds. The van der Waals surface area contributed by atoms with Crippen LogP contribution in [0.1, 0.15) is 10.4 Å². The third-order valence-electron chi connectivity index (χ3n) is 2.91. The number of ether oxygens (including phenoxy) is 1. The normalized spacial score (nSPS) is 11.7. The molecule has 0 aliphatic rings. The summed E-state index contributed by atoms with van der Waals surface area (Å²) in [5, 5.41) is -1.30. The number of carbonyl (C=O) groups is 2. The zero-order valence-electron chi connectivity index (χ0n) is 10.9. The molecule has 102 valence electrons. The van der Waals surface area contributed by atoms with Gasteiger partial charge in [0.1, 0.15) is 0 Å². The van der Waals surface area contributed by atoms with Crippen molar-refractivity contribution in [2.75, 3.05) is 7.11 Å². The van der Waals surface area contributed by atoms with E-state index < -0.39 is 17.1 Å². The summed E-state index contributed by atoms with van der Waals surface area (Å²) in [6, 6.07) is 16.8. The van der Waals surface area contributed by atoms with Crippen LogP contribution in [0.15, 0.2) is 54.6 Å². The number of halogens is 1. The second-order valence-electron chi connectivity index (χ2n) is 4.19. The number of esters is 1. The van der Waals surface area contributed by atoms with E-state index >= 15 is 0 Å². The molecule has 0 aliphatic heterocycles. The molecule has 0 fully saturated rings. The van der Waals surface area contributed by atoms with Gasteiger partial charge in [0.2, 0.25) is 0 Å². The van der Waals surface area contributed by atoms with E-state index in [0.717, 1.165) is 11.1 Å². The molecule has 4 heteroatoms. The Labute approximate surface area is 122 Å². The van der Waals surface area contributed by atoms with Crippen LogP contribution in [0.4, 0.5) is 0 Å². The van der Waals surface area contributed by atoms with Gasteiger partial charge < -0.3 is 4.74 Å². The number of benzene rings is 2. The van der Waals surface area contributed by atoms with Crippen molar-refractivity contribution in [1.82, 2.24) is 0 Å². The second kappa shape index (κ2) is 6.35. The van der Waals surface area contributed by atoms with E-state index in [-0.39, 0.29) is 0 Å².